The van der Waals surface area contributed by atoms with Gasteiger partial charge in [0.05, 0.1) is 10.0 Å². The third-order valence-corrected chi connectivity index (χ3v) is 2.32. The lowest BCUT2D eigenvalue weighted by Gasteiger charge is -1.99. The number of rotatable bonds is 1. The van der Waals surface area contributed by atoms with Gasteiger partial charge in [-0.3, -0.25) is 0 Å². The van der Waals surface area contributed by atoms with E-state index in [1.807, 2.05) is 12.1 Å². The minimum atomic E-state index is 0. The second-order valence-corrected chi connectivity index (χ2v) is 2.90. The third kappa shape index (κ3) is 2.53. The summed E-state index contributed by atoms with van der Waals surface area (Å²) in [4.78, 5) is 0. The molecule has 11 heavy (non-hydrogen) atoms. The molecule has 0 aliphatic heterocycles. The van der Waals surface area contributed by atoms with Crippen LogP contribution in [0.25, 0.3) is 0 Å². The van der Waals surface area contributed by atoms with Gasteiger partial charge in [0.25, 0.3) is 0 Å². The molecule has 0 spiro atoms. The van der Waals surface area contributed by atoms with Gasteiger partial charge in [-0.1, -0.05) is 35.3 Å². The van der Waals surface area contributed by atoms with Crippen molar-refractivity contribution < 1.29 is 0 Å². The van der Waals surface area contributed by atoms with E-state index in [4.69, 9.17) is 34.8 Å². The Bertz CT molecular complexity index is 237. The molecule has 4 heteroatoms. The fourth-order valence-electron chi connectivity index (χ4n) is 0.652. The number of hydrogen-bond donors (Lipinski definition) is 1. The first-order valence-corrected chi connectivity index (χ1v) is 4.03. The molecule has 0 aliphatic rings. The summed E-state index contributed by atoms with van der Waals surface area (Å²) in [6, 6.07) is 5.41. The van der Waals surface area contributed by atoms with Crippen molar-refractivity contribution in [3.63, 3.8) is 0 Å². The van der Waals surface area contributed by atoms with Crippen LogP contribution in [0, 0.1) is 0 Å². The molecule has 0 aromatic heterocycles. The highest BCUT2D eigenvalue weighted by Gasteiger charge is 2.00. The molecular weight excluding hydrogens is 204 g/mol. The molecule has 1 nitrogen and oxygen atoms in total. The smallest absolute Gasteiger partial charge is 0.0636 e. The first-order valence-electron chi connectivity index (χ1n) is 2.74. The van der Waals surface area contributed by atoms with Crippen molar-refractivity contribution in [3.8, 4) is 0 Å². The second-order valence-electron chi connectivity index (χ2n) is 1.85. The van der Waals surface area contributed by atoms with Gasteiger partial charge in [0.2, 0.25) is 0 Å². The molecule has 0 amide bonds. The van der Waals surface area contributed by atoms with Gasteiger partial charge in [-0.15, -0.1) is 11.6 Å². The van der Waals surface area contributed by atoms with Crippen LogP contribution in [0.5, 0.6) is 0 Å². The van der Waals surface area contributed by atoms with E-state index in [9.17, 15) is 0 Å². The zero-order chi connectivity index (χ0) is 7.56. The first kappa shape index (κ1) is 11.1. The van der Waals surface area contributed by atoms with Crippen LogP contribution in [0.2, 0.25) is 10.0 Å². The van der Waals surface area contributed by atoms with Crippen LogP contribution in [-0.2, 0) is 5.88 Å². The summed E-state index contributed by atoms with van der Waals surface area (Å²) in [6.07, 6.45) is 0. The summed E-state index contributed by atoms with van der Waals surface area (Å²) >= 11 is 17.0. The molecule has 0 saturated heterocycles. The fraction of sp³-hybridized carbons (Fsp3) is 0.143. The highest BCUT2D eigenvalue weighted by molar-refractivity contribution is 6.42. The SMILES string of the molecule is ClCc1cccc(Cl)c1Cl.N. The largest absolute Gasteiger partial charge is 0.344 e. The predicted molar refractivity (Wildman–Crippen MR) is 51.0 cm³/mol. The first-order chi connectivity index (χ1) is 4.75. The Morgan fingerprint density at radius 1 is 1.18 bits per heavy atom. The summed E-state index contributed by atoms with van der Waals surface area (Å²) in [5.74, 6) is 0.402. The van der Waals surface area contributed by atoms with Crippen LogP contribution >= 0.6 is 34.8 Å². The predicted octanol–water partition coefficient (Wildman–Crippen LogP) is 3.89. The quantitative estimate of drug-likeness (QED) is 0.704. The van der Waals surface area contributed by atoms with E-state index in [2.05, 4.69) is 0 Å². The summed E-state index contributed by atoms with van der Waals surface area (Å²) in [6.45, 7) is 0. The molecule has 1 rings (SSSR count). The van der Waals surface area contributed by atoms with Crippen LogP contribution in [0.3, 0.4) is 0 Å². The Kier molecular flexibility index (Phi) is 4.86. The number of hydrogen-bond acceptors (Lipinski definition) is 1. The minimum Gasteiger partial charge on any atom is -0.344 e. The highest BCUT2D eigenvalue weighted by Crippen LogP contribution is 2.26. The summed E-state index contributed by atoms with van der Waals surface area (Å²) in [5, 5.41) is 1.11. The monoisotopic (exact) mass is 211 g/mol. The van der Waals surface area contributed by atoms with E-state index >= 15 is 0 Å². The average Bonchev–Trinajstić information content (AvgIpc) is 1.95. The number of alkyl halides is 1. The Hall–Kier alpha value is 0.0500. The van der Waals surface area contributed by atoms with Crippen LogP contribution in [0.15, 0.2) is 18.2 Å². The van der Waals surface area contributed by atoms with E-state index < -0.39 is 0 Å². The van der Waals surface area contributed by atoms with Crippen molar-refractivity contribution in [2.75, 3.05) is 0 Å². The molecule has 3 N–H and O–H groups in total. The summed E-state index contributed by atoms with van der Waals surface area (Å²) in [7, 11) is 0. The molecule has 1 aromatic carbocycles. The Morgan fingerprint density at radius 3 is 2.27 bits per heavy atom. The Labute approximate surface area is 80.8 Å². The van der Waals surface area contributed by atoms with Crippen molar-refractivity contribution in [2.45, 2.75) is 5.88 Å². The maximum absolute atomic E-state index is 5.78. The van der Waals surface area contributed by atoms with E-state index in [0.717, 1.165) is 5.56 Å². The molecule has 1 aromatic rings. The normalized spacial score (nSPS) is 9.00. The maximum Gasteiger partial charge on any atom is 0.0636 e. The molecule has 0 unspecified atom stereocenters. The standard InChI is InChI=1S/C7H5Cl3.H3N/c8-4-5-2-1-3-6(9)7(5)10;/h1-3H,4H2;1H3. The molecule has 0 radical (unpaired) electrons. The lowest BCUT2D eigenvalue weighted by atomic mass is 10.2. The van der Waals surface area contributed by atoms with Gasteiger partial charge in [-0.2, -0.15) is 0 Å². The minimum absolute atomic E-state index is 0. The Balaban J connectivity index is 0.000001000. The van der Waals surface area contributed by atoms with Crippen molar-refractivity contribution >= 4 is 34.8 Å². The van der Waals surface area contributed by atoms with Crippen LogP contribution < -0.4 is 6.15 Å². The lowest BCUT2D eigenvalue weighted by Crippen LogP contribution is -1.78. The van der Waals surface area contributed by atoms with E-state index in [0.29, 0.717) is 15.9 Å². The fourth-order valence-corrected chi connectivity index (χ4v) is 1.33. The van der Waals surface area contributed by atoms with Crippen LogP contribution in [-0.4, -0.2) is 0 Å². The molecule has 0 aliphatic carbocycles. The molecule has 0 bridgehead atoms. The van der Waals surface area contributed by atoms with Gasteiger partial charge in [-0.25, -0.2) is 0 Å². The molecule has 0 heterocycles. The number of benzene rings is 1. The van der Waals surface area contributed by atoms with E-state index in [-0.39, 0.29) is 6.15 Å². The van der Waals surface area contributed by atoms with Gasteiger partial charge >= 0.3 is 0 Å². The van der Waals surface area contributed by atoms with Crippen molar-refractivity contribution in [1.82, 2.24) is 6.15 Å². The zero-order valence-corrected chi connectivity index (χ0v) is 8.05. The van der Waals surface area contributed by atoms with Crippen molar-refractivity contribution in [3.05, 3.63) is 33.8 Å². The van der Waals surface area contributed by atoms with Gasteiger partial charge < -0.3 is 6.15 Å². The van der Waals surface area contributed by atoms with Crippen LogP contribution in [0.4, 0.5) is 0 Å². The molecule has 0 saturated carbocycles. The lowest BCUT2D eigenvalue weighted by molar-refractivity contribution is 1.40. The van der Waals surface area contributed by atoms with E-state index in [1.165, 1.54) is 0 Å². The van der Waals surface area contributed by atoms with Crippen molar-refractivity contribution in [2.24, 2.45) is 0 Å². The number of halogens is 3. The molecule has 0 fully saturated rings. The summed E-state index contributed by atoms with van der Waals surface area (Å²) in [5.41, 5.74) is 0.871. The van der Waals surface area contributed by atoms with Crippen molar-refractivity contribution in [1.29, 1.82) is 0 Å². The van der Waals surface area contributed by atoms with Gasteiger partial charge in [0.15, 0.2) is 0 Å². The topological polar surface area (TPSA) is 35.0 Å². The Morgan fingerprint density at radius 2 is 1.82 bits per heavy atom. The second kappa shape index (κ2) is 4.83. The van der Waals surface area contributed by atoms with Gasteiger partial charge in [-0.05, 0) is 11.6 Å². The van der Waals surface area contributed by atoms with Crippen LogP contribution in [0.1, 0.15) is 5.56 Å². The van der Waals surface area contributed by atoms with E-state index in [1.54, 1.807) is 6.07 Å². The molecule has 62 valence electrons. The average molecular weight is 213 g/mol. The van der Waals surface area contributed by atoms with Gasteiger partial charge in [0, 0.05) is 5.88 Å². The molecular formula is C7H8Cl3N. The third-order valence-electron chi connectivity index (χ3n) is 1.18. The van der Waals surface area contributed by atoms with Gasteiger partial charge in [0.1, 0.15) is 0 Å². The highest BCUT2D eigenvalue weighted by atomic mass is 35.5. The maximum atomic E-state index is 5.78. The summed E-state index contributed by atoms with van der Waals surface area (Å²) < 4.78 is 0. The zero-order valence-electron chi connectivity index (χ0n) is 5.78. The molecule has 0 atom stereocenters.